The van der Waals surface area contributed by atoms with Crippen LogP contribution < -0.4 is 10.1 Å². The molecule has 0 aliphatic rings. The average Bonchev–Trinajstić information content (AvgIpc) is 2.48. The second kappa shape index (κ2) is 9.55. The fourth-order valence-corrected chi connectivity index (χ4v) is 2.27. The van der Waals surface area contributed by atoms with Crippen LogP contribution in [0.25, 0.3) is 0 Å². The van der Waals surface area contributed by atoms with Gasteiger partial charge in [-0.25, -0.2) is 9.78 Å². The zero-order valence-electron chi connectivity index (χ0n) is 14.9. The Hall–Kier alpha value is -1.90. The monoisotopic (exact) mass is 417 g/mol. The lowest BCUT2D eigenvalue weighted by Gasteiger charge is -2.20. The second-order valence-electron chi connectivity index (χ2n) is 6.53. The van der Waals surface area contributed by atoms with E-state index in [2.05, 4.69) is 26.2 Å². The van der Waals surface area contributed by atoms with Crippen LogP contribution >= 0.6 is 15.9 Å². The molecule has 0 radical (unpaired) electrons. The number of hydrogen-bond donors (Lipinski definition) is 1. The average molecular weight is 418 g/mol. The van der Waals surface area contributed by atoms with Gasteiger partial charge in [0, 0.05) is 12.6 Å². The van der Waals surface area contributed by atoms with Crippen molar-refractivity contribution in [2.24, 2.45) is 5.92 Å². The summed E-state index contributed by atoms with van der Waals surface area (Å²) in [4.78, 5) is 25.9. The fourth-order valence-electron chi connectivity index (χ4n) is 1.96. The predicted octanol–water partition coefficient (Wildman–Crippen LogP) is 4.07. The van der Waals surface area contributed by atoms with Crippen molar-refractivity contribution in [3.05, 3.63) is 27.0 Å². The summed E-state index contributed by atoms with van der Waals surface area (Å²) in [6, 6.07) is 1.48. The predicted molar refractivity (Wildman–Crippen MR) is 96.7 cm³/mol. The topological polar surface area (TPSA) is 104 Å². The van der Waals surface area contributed by atoms with Gasteiger partial charge in [-0.05, 0) is 55.5 Å². The number of pyridine rings is 1. The molecule has 0 spiro atoms. The van der Waals surface area contributed by atoms with Gasteiger partial charge in [0.25, 0.3) is 0 Å². The molecule has 1 unspecified atom stereocenters. The SMILES string of the molecule is CCC(CCNC(=O)OC(C)(C)C)COc1cc(Br)ncc1[N+](=O)[O-]. The van der Waals surface area contributed by atoms with Crippen molar-refractivity contribution in [1.29, 1.82) is 0 Å². The van der Waals surface area contributed by atoms with Gasteiger partial charge in [0.1, 0.15) is 16.4 Å². The number of carbonyl (C=O) groups excluding carboxylic acids is 1. The van der Waals surface area contributed by atoms with Crippen molar-refractivity contribution in [3.63, 3.8) is 0 Å². The summed E-state index contributed by atoms with van der Waals surface area (Å²) in [5.41, 5.74) is -0.713. The van der Waals surface area contributed by atoms with Crippen molar-refractivity contribution < 1.29 is 19.2 Å². The fraction of sp³-hybridized carbons (Fsp3) is 0.625. The number of aromatic nitrogens is 1. The minimum Gasteiger partial charge on any atom is -0.486 e. The second-order valence-corrected chi connectivity index (χ2v) is 7.35. The van der Waals surface area contributed by atoms with Gasteiger partial charge in [0.2, 0.25) is 5.75 Å². The summed E-state index contributed by atoms with van der Waals surface area (Å²) in [5, 5.41) is 13.7. The lowest BCUT2D eigenvalue weighted by molar-refractivity contribution is -0.386. The van der Waals surface area contributed by atoms with Gasteiger partial charge in [-0.1, -0.05) is 6.92 Å². The molecule has 0 saturated carbocycles. The Kier molecular flexibility index (Phi) is 8.08. The van der Waals surface area contributed by atoms with Crippen LogP contribution in [-0.2, 0) is 4.74 Å². The number of rotatable bonds is 8. The molecule has 0 aromatic carbocycles. The van der Waals surface area contributed by atoms with Crippen LogP contribution in [0.2, 0.25) is 0 Å². The van der Waals surface area contributed by atoms with Gasteiger partial charge in [-0.2, -0.15) is 0 Å². The molecule has 1 rings (SSSR count). The standard InChI is InChI=1S/C16H24BrN3O5/c1-5-11(6-7-18-15(21)25-16(2,3)4)10-24-13-8-14(17)19-9-12(13)20(22)23/h8-9,11H,5-7,10H2,1-4H3,(H,18,21). The van der Waals surface area contributed by atoms with Gasteiger partial charge in [0.05, 0.1) is 11.5 Å². The maximum absolute atomic E-state index is 11.6. The molecule has 1 heterocycles. The number of ether oxygens (including phenoxy) is 2. The summed E-state index contributed by atoms with van der Waals surface area (Å²) >= 11 is 3.18. The molecule has 140 valence electrons. The zero-order valence-corrected chi connectivity index (χ0v) is 16.5. The van der Waals surface area contributed by atoms with Crippen LogP contribution in [0.1, 0.15) is 40.5 Å². The van der Waals surface area contributed by atoms with Gasteiger partial charge in [-0.15, -0.1) is 0 Å². The number of hydrogen-bond acceptors (Lipinski definition) is 6. The Morgan fingerprint density at radius 1 is 1.48 bits per heavy atom. The quantitative estimate of drug-likeness (QED) is 0.388. The van der Waals surface area contributed by atoms with Crippen LogP contribution in [-0.4, -0.2) is 34.8 Å². The van der Waals surface area contributed by atoms with Gasteiger partial charge in [0.15, 0.2) is 0 Å². The van der Waals surface area contributed by atoms with Crippen molar-refractivity contribution in [3.8, 4) is 5.75 Å². The van der Waals surface area contributed by atoms with E-state index in [1.54, 1.807) is 20.8 Å². The molecule has 25 heavy (non-hydrogen) atoms. The van der Waals surface area contributed by atoms with E-state index in [9.17, 15) is 14.9 Å². The molecule has 0 bridgehead atoms. The highest BCUT2D eigenvalue weighted by molar-refractivity contribution is 9.10. The van der Waals surface area contributed by atoms with E-state index in [1.165, 1.54) is 6.07 Å². The smallest absolute Gasteiger partial charge is 0.407 e. The Labute approximate surface area is 155 Å². The number of nitrogens with one attached hydrogen (secondary N) is 1. The number of nitrogens with zero attached hydrogens (tertiary/aromatic N) is 2. The molecule has 0 aliphatic heterocycles. The number of amides is 1. The molecule has 9 heteroatoms. The molecule has 0 saturated heterocycles. The molecule has 1 atom stereocenters. The lowest BCUT2D eigenvalue weighted by atomic mass is 10.0. The largest absolute Gasteiger partial charge is 0.486 e. The Balaban J connectivity index is 2.51. The first-order valence-corrected chi connectivity index (χ1v) is 8.81. The molecular formula is C16H24BrN3O5. The highest BCUT2D eigenvalue weighted by Crippen LogP contribution is 2.29. The Morgan fingerprint density at radius 3 is 2.72 bits per heavy atom. The van der Waals surface area contributed by atoms with Gasteiger partial charge < -0.3 is 14.8 Å². The van der Waals surface area contributed by atoms with E-state index in [1.807, 2.05) is 6.92 Å². The van der Waals surface area contributed by atoms with Crippen molar-refractivity contribution in [2.45, 2.75) is 46.1 Å². The molecule has 1 N–H and O–H groups in total. The third-order valence-corrected chi connectivity index (χ3v) is 3.72. The molecule has 0 fully saturated rings. The number of alkyl carbamates (subject to hydrolysis) is 1. The first-order chi connectivity index (χ1) is 11.6. The highest BCUT2D eigenvalue weighted by Gasteiger charge is 2.19. The van der Waals surface area contributed by atoms with Crippen molar-refractivity contribution in [1.82, 2.24) is 10.3 Å². The number of carbonyl (C=O) groups is 1. The van der Waals surface area contributed by atoms with Crippen LogP contribution in [0.3, 0.4) is 0 Å². The van der Waals surface area contributed by atoms with E-state index in [4.69, 9.17) is 9.47 Å². The molecule has 0 aliphatic carbocycles. The van der Waals surface area contributed by atoms with E-state index in [0.717, 1.165) is 12.6 Å². The minimum absolute atomic E-state index is 0.140. The maximum Gasteiger partial charge on any atom is 0.407 e. The van der Waals surface area contributed by atoms with Crippen molar-refractivity contribution >= 4 is 27.7 Å². The molecule has 1 amide bonds. The van der Waals surface area contributed by atoms with Gasteiger partial charge in [-0.3, -0.25) is 10.1 Å². The summed E-state index contributed by atoms with van der Waals surface area (Å²) in [5.74, 6) is 0.312. The summed E-state index contributed by atoms with van der Waals surface area (Å²) in [7, 11) is 0. The third-order valence-electron chi connectivity index (χ3n) is 3.28. The first-order valence-electron chi connectivity index (χ1n) is 8.02. The molecule has 1 aromatic rings. The van der Waals surface area contributed by atoms with E-state index < -0.39 is 16.6 Å². The van der Waals surface area contributed by atoms with E-state index in [-0.39, 0.29) is 17.4 Å². The normalized spacial score (nSPS) is 12.4. The number of nitro groups is 1. The van der Waals surface area contributed by atoms with E-state index >= 15 is 0 Å². The molecule has 1 aromatic heterocycles. The lowest BCUT2D eigenvalue weighted by Crippen LogP contribution is -2.33. The minimum atomic E-state index is -0.537. The molecular weight excluding hydrogens is 394 g/mol. The maximum atomic E-state index is 11.6. The summed E-state index contributed by atoms with van der Waals surface area (Å²) in [6.45, 7) is 8.15. The third kappa shape index (κ3) is 8.15. The van der Waals surface area contributed by atoms with E-state index in [0.29, 0.717) is 24.2 Å². The molecule has 8 nitrogen and oxygen atoms in total. The highest BCUT2D eigenvalue weighted by atomic mass is 79.9. The number of halogens is 1. The van der Waals surface area contributed by atoms with Crippen molar-refractivity contribution in [2.75, 3.05) is 13.2 Å². The zero-order chi connectivity index (χ0) is 19.0. The summed E-state index contributed by atoms with van der Waals surface area (Å²) < 4.78 is 11.2. The van der Waals surface area contributed by atoms with Crippen LogP contribution in [0, 0.1) is 16.0 Å². The summed E-state index contributed by atoms with van der Waals surface area (Å²) in [6.07, 6.45) is 2.19. The van der Waals surface area contributed by atoms with Crippen LogP contribution in [0.15, 0.2) is 16.9 Å². The van der Waals surface area contributed by atoms with Crippen LogP contribution in [0.5, 0.6) is 5.75 Å². The van der Waals surface area contributed by atoms with Gasteiger partial charge >= 0.3 is 11.8 Å². The Morgan fingerprint density at radius 2 is 2.16 bits per heavy atom. The Bertz CT molecular complexity index is 604. The first kappa shape index (κ1) is 21.1. The van der Waals surface area contributed by atoms with Crippen LogP contribution in [0.4, 0.5) is 10.5 Å².